The molecule has 2 aromatic carbocycles. The second kappa shape index (κ2) is 8.65. The molecule has 1 amide bonds. The number of nitrogens with one attached hydrogen (secondary N) is 2. The molecule has 2 fully saturated rings. The third-order valence-corrected chi connectivity index (χ3v) is 8.32. The number of aryl methyl sites for hydroxylation is 2. The highest BCUT2D eigenvalue weighted by Crippen LogP contribution is 2.48. The van der Waals surface area contributed by atoms with Gasteiger partial charge < -0.3 is 5.32 Å². The monoisotopic (exact) mass is 440 g/mol. The molecular weight excluding hydrogens is 408 g/mol. The number of hydrogen-bond acceptors (Lipinski definition) is 3. The van der Waals surface area contributed by atoms with Gasteiger partial charge in [0.25, 0.3) is 10.0 Å². The van der Waals surface area contributed by atoms with E-state index in [1.807, 2.05) is 32.0 Å². The summed E-state index contributed by atoms with van der Waals surface area (Å²) in [6.45, 7) is 4.63. The van der Waals surface area contributed by atoms with Gasteiger partial charge in [0.2, 0.25) is 5.91 Å². The van der Waals surface area contributed by atoms with Crippen LogP contribution < -0.4 is 10.0 Å². The van der Waals surface area contributed by atoms with Crippen LogP contribution in [0.15, 0.2) is 47.4 Å². The molecule has 2 aliphatic rings. The average Bonchev–Trinajstić information content (AvgIpc) is 3.57. The van der Waals surface area contributed by atoms with Gasteiger partial charge in [0, 0.05) is 12.2 Å². The van der Waals surface area contributed by atoms with Crippen molar-refractivity contribution in [2.45, 2.75) is 69.1 Å². The molecule has 0 aromatic heterocycles. The Morgan fingerprint density at radius 3 is 2.26 bits per heavy atom. The maximum Gasteiger partial charge on any atom is 0.261 e. The predicted octanol–water partition coefficient (Wildman–Crippen LogP) is 4.83. The number of sulfonamides is 1. The second-order valence-electron chi connectivity index (χ2n) is 9.23. The van der Waals surface area contributed by atoms with E-state index in [9.17, 15) is 13.2 Å². The standard InChI is InChI=1S/C25H32N2O3S/c1-18-8-13-23(16-19(18)2)31(29,30)27-22-11-9-21(10-12-22)25(14-15-25)24(28)26-17-20-6-4-3-5-7-20/h8-13,16,20,27H,3-7,14-15,17H2,1-2H3,(H,26,28). The first kappa shape index (κ1) is 21.9. The summed E-state index contributed by atoms with van der Waals surface area (Å²) in [6.07, 6.45) is 7.96. The topological polar surface area (TPSA) is 75.3 Å². The van der Waals surface area contributed by atoms with Crippen molar-refractivity contribution < 1.29 is 13.2 Å². The van der Waals surface area contributed by atoms with Crippen molar-refractivity contribution in [2.24, 2.45) is 5.92 Å². The van der Waals surface area contributed by atoms with Crippen LogP contribution in [0, 0.1) is 19.8 Å². The van der Waals surface area contributed by atoms with E-state index in [0.29, 0.717) is 11.6 Å². The molecule has 0 aliphatic heterocycles. The maximum absolute atomic E-state index is 12.9. The zero-order valence-corrected chi connectivity index (χ0v) is 19.2. The van der Waals surface area contributed by atoms with Crippen LogP contribution in [0.1, 0.15) is 61.6 Å². The van der Waals surface area contributed by atoms with Gasteiger partial charge in [-0.15, -0.1) is 0 Å². The lowest BCUT2D eigenvalue weighted by Gasteiger charge is -2.23. The Bertz CT molecular complexity index is 1050. The molecule has 0 atom stereocenters. The Morgan fingerprint density at radius 2 is 1.65 bits per heavy atom. The number of carbonyl (C=O) groups excluding carboxylic acids is 1. The zero-order chi connectivity index (χ0) is 22.1. The van der Waals surface area contributed by atoms with Gasteiger partial charge >= 0.3 is 0 Å². The molecule has 0 unspecified atom stereocenters. The number of amides is 1. The summed E-state index contributed by atoms with van der Waals surface area (Å²) in [4.78, 5) is 13.2. The lowest BCUT2D eigenvalue weighted by molar-refractivity contribution is -0.123. The molecule has 4 rings (SSSR count). The molecule has 0 heterocycles. The van der Waals surface area contributed by atoms with Gasteiger partial charge in [0.05, 0.1) is 10.3 Å². The lowest BCUT2D eigenvalue weighted by atomic mass is 9.88. The Hall–Kier alpha value is -2.34. The quantitative estimate of drug-likeness (QED) is 0.647. The summed E-state index contributed by atoms with van der Waals surface area (Å²) in [5, 5.41) is 3.19. The van der Waals surface area contributed by atoms with Crippen LogP contribution >= 0.6 is 0 Å². The number of hydrogen-bond donors (Lipinski definition) is 2. The third-order valence-electron chi connectivity index (χ3n) is 6.94. The maximum atomic E-state index is 12.9. The summed E-state index contributed by atoms with van der Waals surface area (Å²) in [5.74, 6) is 0.720. The van der Waals surface area contributed by atoms with Crippen LogP contribution in [-0.4, -0.2) is 20.9 Å². The van der Waals surface area contributed by atoms with Crippen molar-refractivity contribution in [3.63, 3.8) is 0 Å². The Morgan fingerprint density at radius 1 is 0.968 bits per heavy atom. The molecular formula is C25H32N2O3S. The van der Waals surface area contributed by atoms with E-state index < -0.39 is 15.4 Å². The molecule has 166 valence electrons. The lowest BCUT2D eigenvalue weighted by Crippen LogP contribution is -2.38. The molecule has 0 spiro atoms. The Labute approximate surface area is 185 Å². The van der Waals surface area contributed by atoms with Gasteiger partial charge in [-0.3, -0.25) is 9.52 Å². The first-order valence-electron chi connectivity index (χ1n) is 11.3. The van der Waals surface area contributed by atoms with Crippen molar-refractivity contribution in [2.75, 3.05) is 11.3 Å². The SMILES string of the molecule is Cc1ccc(S(=O)(=O)Nc2ccc(C3(C(=O)NCC4CCCCC4)CC3)cc2)cc1C. The highest BCUT2D eigenvalue weighted by atomic mass is 32.2. The summed E-state index contributed by atoms with van der Waals surface area (Å²) >= 11 is 0. The highest BCUT2D eigenvalue weighted by molar-refractivity contribution is 7.92. The number of benzene rings is 2. The summed E-state index contributed by atoms with van der Waals surface area (Å²) in [5.41, 5.74) is 3.01. The fourth-order valence-electron chi connectivity index (χ4n) is 4.52. The molecule has 5 nitrogen and oxygen atoms in total. The van der Waals surface area contributed by atoms with E-state index >= 15 is 0 Å². The minimum Gasteiger partial charge on any atom is -0.355 e. The van der Waals surface area contributed by atoms with Crippen LogP contribution in [0.25, 0.3) is 0 Å². The van der Waals surface area contributed by atoms with E-state index in [1.54, 1.807) is 24.3 Å². The van der Waals surface area contributed by atoms with E-state index in [2.05, 4.69) is 10.0 Å². The highest BCUT2D eigenvalue weighted by Gasteiger charge is 2.51. The zero-order valence-electron chi connectivity index (χ0n) is 18.4. The Kier molecular flexibility index (Phi) is 6.11. The third kappa shape index (κ3) is 4.79. The molecule has 2 saturated carbocycles. The van der Waals surface area contributed by atoms with Gasteiger partial charge in [-0.2, -0.15) is 0 Å². The molecule has 2 aliphatic carbocycles. The minimum atomic E-state index is -3.65. The molecule has 0 bridgehead atoms. The average molecular weight is 441 g/mol. The first-order chi connectivity index (χ1) is 14.8. The number of anilines is 1. The van der Waals surface area contributed by atoms with Crippen molar-refractivity contribution >= 4 is 21.6 Å². The van der Waals surface area contributed by atoms with E-state index in [1.165, 1.54) is 32.1 Å². The van der Waals surface area contributed by atoms with E-state index in [-0.39, 0.29) is 10.8 Å². The van der Waals surface area contributed by atoms with Crippen molar-refractivity contribution in [3.05, 3.63) is 59.2 Å². The van der Waals surface area contributed by atoms with Crippen LogP contribution in [0.4, 0.5) is 5.69 Å². The Balaban J connectivity index is 1.41. The first-order valence-corrected chi connectivity index (χ1v) is 12.8. The minimum absolute atomic E-state index is 0.113. The summed E-state index contributed by atoms with van der Waals surface area (Å²) < 4.78 is 28.1. The largest absolute Gasteiger partial charge is 0.355 e. The van der Waals surface area contributed by atoms with E-state index in [0.717, 1.165) is 36.1 Å². The van der Waals surface area contributed by atoms with Crippen molar-refractivity contribution in [1.29, 1.82) is 0 Å². The molecule has 0 saturated heterocycles. The van der Waals surface area contributed by atoms with Gasteiger partial charge in [0.15, 0.2) is 0 Å². The van der Waals surface area contributed by atoms with Crippen molar-refractivity contribution in [3.8, 4) is 0 Å². The number of rotatable bonds is 7. The predicted molar refractivity (Wildman–Crippen MR) is 124 cm³/mol. The molecule has 2 N–H and O–H groups in total. The van der Waals surface area contributed by atoms with Gasteiger partial charge in [0.1, 0.15) is 0 Å². The van der Waals surface area contributed by atoms with Crippen LogP contribution in [0.2, 0.25) is 0 Å². The summed E-state index contributed by atoms with van der Waals surface area (Å²) in [7, 11) is -3.65. The molecule has 6 heteroatoms. The summed E-state index contributed by atoms with van der Waals surface area (Å²) in [6, 6.07) is 12.4. The molecule has 2 aromatic rings. The molecule has 31 heavy (non-hydrogen) atoms. The van der Waals surface area contributed by atoms with Crippen molar-refractivity contribution in [1.82, 2.24) is 5.32 Å². The van der Waals surface area contributed by atoms with Crippen LogP contribution in [0.3, 0.4) is 0 Å². The molecule has 0 radical (unpaired) electrons. The van der Waals surface area contributed by atoms with Gasteiger partial charge in [-0.05, 0) is 86.4 Å². The fourth-order valence-corrected chi connectivity index (χ4v) is 5.67. The van der Waals surface area contributed by atoms with Crippen LogP contribution in [0.5, 0.6) is 0 Å². The van der Waals surface area contributed by atoms with E-state index in [4.69, 9.17) is 0 Å². The van der Waals surface area contributed by atoms with Crippen LogP contribution in [-0.2, 0) is 20.2 Å². The van der Waals surface area contributed by atoms with Gasteiger partial charge in [-0.25, -0.2) is 8.42 Å². The van der Waals surface area contributed by atoms with Gasteiger partial charge in [-0.1, -0.05) is 37.5 Å². The fraction of sp³-hybridized carbons (Fsp3) is 0.480. The number of carbonyl (C=O) groups is 1. The normalized spacial score (nSPS) is 18.4. The smallest absolute Gasteiger partial charge is 0.261 e. The second-order valence-corrected chi connectivity index (χ2v) is 10.9.